The molecule has 8 nitrogen and oxygen atoms in total. The SMILES string of the molecule is [C-]#[N+]c1cccc(-c2nc(-c3cc(C#N)ccc3-n3c4ccc(-c5ccccc5)cc4c4cc(-c5ccccc5)ccc43)nc(-c3cc([N+]#[C-])ccc3-n3c4ccc(-c5ccccc5)cc4c4cc(-c5ccccc5)ccc43)n2)c1. The summed E-state index contributed by atoms with van der Waals surface area (Å²) in [6.07, 6.45) is 0. The second-order valence-corrected chi connectivity index (χ2v) is 19.7. The van der Waals surface area contributed by atoms with Crippen LogP contribution in [-0.2, 0) is 0 Å². The summed E-state index contributed by atoms with van der Waals surface area (Å²) in [6, 6.07) is 88.9. The molecule has 8 heteroatoms. The Morgan fingerprint density at radius 3 is 1.07 bits per heavy atom. The van der Waals surface area contributed by atoms with Crippen molar-refractivity contribution >= 4 is 55.0 Å². The fraction of sp³-hybridized carbons (Fsp3) is 0. The van der Waals surface area contributed by atoms with Crippen LogP contribution in [0.4, 0.5) is 11.4 Å². The maximum atomic E-state index is 10.6. The van der Waals surface area contributed by atoms with Gasteiger partial charge in [0.15, 0.2) is 28.8 Å². The second kappa shape index (κ2) is 19.6. The van der Waals surface area contributed by atoms with Crippen molar-refractivity contribution in [3.8, 4) is 96.1 Å². The number of hydrogen-bond donors (Lipinski definition) is 0. The number of nitrogens with zero attached hydrogens (tertiary/aromatic N) is 8. The lowest BCUT2D eigenvalue weighted by Gasteiger charge is -2.17. The standard InChI is InChI=1S/C72H42N8/c1-74-56-25-15-24-55(39-56)70-76-71(62-38-46(45-73)26-32-68(62)79-64-33-27-51(47-16-7-3-8-17-47)40-58(64)59-41-52(28-34-65(59)79)48-18-9-4-10-19-48)78-72(77-70)63-44-57(75-2)31-37-69(63)80-66-35-29-53(49-20-11-5-12-21-49)42-60(66)61-43-54(30-36-67(61)80)50-22-13-6-14-23-50/h3-44H. The number of benzene rings is 11. The van der Waals surface area contributed by atoms with Gasteiger partial charge in [-0.15, -0.1) is 0 Å². The van der Waals surface area contributed by atoms with E-state index in [4.69, 9.17) is 28.1 Å². The molecule has 0 radical (unpaired) electrons. The lowest BCUT2D eigenvalue weighted by Crippen LogP contribution is -2.06. The average molecular weight is 1020 g/mol. The first-order valence-electron chi connectivity index (χ1n) is 26.2. The van der Waals surface area contributed by atoms with Gasteiger partial charge in [-0.2, -0.15) is 5.26 Å². The monoisotopic (exact) mass is 1020 g/mol. The van der Waals surface area contributed by atoms with Crippen molar-refractivity contribution in [2.45, 2.75) is 0 Å². The van der Waals surface area contributed by atoms with Gasteiger partial charge in [-0.1, -0.05) is 170 Å². The number of aromatic nitrogens is 5. The zero-order valence-corrected chi connectivity index (χ0v) is 42.8. The molecule has 0 fully saturated rings. The normalized spacial score (nSPS) is 11.2. The maximum absolute atomic E-state index is 10.6. The Morgan fingerprint density at radius 2 is 0.675 bits per heavy atom. The predicted octanol–water partition coefficient (Wildman–Crippen LogP) is 18.7. The molecule has 14 aromatic rings. The molecule has 0 unspecified atom stereocenters. The number of rotatable bonds is 9. The molecular formula is C72H42N8. The molecule has 0 saturated carbocycles. The largest absolute Gasteiger partial charge is 0.309 e. The summed E-state index contributed by atoms with van der Waals surface area (Å²) in [7, 11) is 0. The fourth-order valence-electron chi connectivity index (χ4n) is 11.2. The first-order chi connectivity index (χ1) is 39.5. The second-order valence-electron chi connectivity index (χ2n) is 19.7. The van der Waals surface area contributed by atoms with Gasteiger partial charge in [-0.05, 0) is 129 Å². The minimum Gasteiger partial charge on any atom is -0.309 e. The molecule has 0 atom stereocenters. The van der Waals surface area contributed by atoms with Crippen LogP contribution < -0.4 is 0 Å². The topological polar surface area (TPSA) is 81.0 Å². The molecule has 14 rings (SSSR count). The molecule has 0 amide bonds. The molecule has 0 bridgehead atoms. The minimum atomic E-state index is 0.309. The average Bonchev–Trinajstić information content (AvgIpc) is 4.14. The highest BCUT2D eigenvalue weighted by molar-refractivity contribution is 6.13. The maximum Gasteiger partial charge on any atom is 0.188 e. The first kappa shape index (κ1) is 47.0. The zero-order chi connectivity index (χ0) is 53.7. The van der Waals surface area contributed by atoms with Crippen LogP contribution in [0.3, 0.4) is 0 Å². The Morgan fingerprint density at radius 1 is 0.312 bits per heavy atom. The highest BCUT2D eigenvalue weighted by Gasteiger charge is 2.24. The van der Waals surface area contributed by atoms with Gasteiger partial charge in [-0.3, -0.25) is 0 Å². The van der Waals surface area contributed by atoms with Crippen molar-refractivity contribution in [1.29, 1.82) is 5.26 Å². The minimum absolute atomic E-state index is 0.309. The summed E-state index contributed by atoms with van der Waals surface area (Å²) < 4.78 is 4.48. The molecule has 0 saturated heterocycles. The van der Waals surface area contributed by atoms with Crippen LogP contribution in [0.5, 0.6) is 0 Å². The quantitative estimate of drug-likeness (QED) is 0.135. The lowest BCUT2D eigenvalue weighted by atomic mass is 10.0. The van der Waals surface area contributed by atoms with E-state index in [9.17, 15) is 5.26 Å². The van der Waals surface area contributed by atoms with Crippen LogP contribution in [0, 0.1) is 24.5 Å². The fourth-order valence-corrected chi connectivity index (χ4v) is 11.2. The van der Waals surface area contributed by atoms with Crippen LogP contribution >= 0.6 is 0 Å². The molecule has 0 aliphatic heterocycles. The van der Waals surface area contributed by atoms with Crippen molar-refractivity contribution in [2.24, 2.45) is 0 Å². The summed E-state index contributed by atoms with van der Waals surface area (Å²) in [5.74, 6) is 0.946. The lowest BCUT2D eigenvalue weighted by molar-refractivity contribution is 1.06. The molecule has 3 heterocycles. The third-order valence-electron chi connectivity index (χ3n) is 15.0. The third kappa shape index (κ3) is 8.20. The van der Waals surface area contributed by atoms with E-state index in [1.165, 1.54) is 0 Å². The molecule has 370 valence electrons. The van der Waals surface area contributed by atoms with E-state index in [0.717, 1.165) is 99.5 Å². The van der Waals surface area contributed by atoms with E-state index < -0.39 is 0 Å². The van der Waals surface area contributed by atoms with E-state index in [2.05, 4.69) is 195 Å². The van der Waals surface area contributed by atoms with Gasteiger partial charge >= 0.3 is 0 Å². The Kier molecular flexibility index (Phi) is 11.5. The van der Waals surface area contributed by atoms with Crippen LogP contribution in [0.25, 0.3) is 143 Å². The summed E-state index contributed by atoms with van der Waals surface area (Å²) in [5, 5.41) is 14.9. The van der Waals surface area contributed by atoms with Gasteiger partial charge in [0.2, 0.25) is 0 Å². The molecule has 0 aliphatic carbocycles. The van der Waals surface area contributed by atoms with E-state index in [1.54, 1.807) is 12.1 Å². The Balaban J connectivity index is 1.03. The smallest absolute Gasteiger partial charge is 0.188 e. The van der Waals surface area contributed by atoms with E-state index in [-0.39, 0.29) is 0 Å². The van der Waals surface area contributed by atoms with Crippen molar-refractivity contribution < 1.29 is 0 Å². The van der Waals surface area contributed by atoms with Gasteiger partial charge in [0.25, 0.3) is 0 Å². The van der Waals surface area contributed by atoms with Crippen molar-refractivity contribution in [1.82, 2.24) is 24.1 Å². The Bertz CT molecular complexity index is 4430. The molecular weight excluding hydrogens is 977 g/mol. The highest BCUT2D eigenvalue weighted by atomic mass is 15.1. The van der Waals surface area contributed by atoms with Gasteiger partial charge in [-0.25, -0.2) is 24.6 Å². The molecule has 11 aromatic carbocycles. The number of nitriles is 1. The van der Waals surface area contributed by atoms with Crippen LogP contribution in [0.15, 0.2) is 255 Å². The summed E-state index contributed by atoms with van der Waals surface area (Å²) in [5.41, 5.74) is 17.2. The van der Waals surface area contributed by atoms with Gasteiger partial charge < -0.3 is 9.13 Å². The molecule has 3 aromatic heterocycles. The van der Waals surface area contributed by atoms with Crippen LogP contribution in [-0.4, -0.2) is 24.1 Å². The Hall–Kier alpha value is -11.5. The zero-order valence-electron chi connectivity index (χ0n) is 42.8. The van der Waals surface area contributed by atoms with Crippen molar-refractivity contribution in [3.63, 3.8) is 0 Å². The van der Waals surface area contributed by atoms with Crippen LogP contribution in [0.2, 0.25) is 0 Å². The molecule has 0 N–H and O–H groups in total. The van der Waals surface area contributed by atoms with Gasteiger partial charge in [0.05, 0.1) is 58.2 Å². The summed E-state index contributed by atoms with van der Waals surface area (Å²) >= 11 is 0. The van der Waals surface area contributed by atoms with E-state index in [1.807, 2.05) is 72.8 Å². The molecule has 80 heavy (non-hydrogen) atoms. The van der Waals surface area contributed by atoms with E-state index in [0.29, 0.717) is 51.1 Å². The molecule has 0 aliphatic rings. The molecule has 0 spiro atoms. The Labute approximate surface area is 461 Å². The number of hydrogen-bond acceptors (Lipinski definition) is 4. The highest BCUT2D eigenvalue weighted by Crippen LogP contribution is 2.43. The summed E-state index contributed by atoms with van der Waals surface area (Å²) in [4.78, 5) is 23.8. The first-order valence-corrected chi connectivity index (χ1v) is 26.2. The predicted molar refractivity (Wildman–Crippen MR) is 324 cm³/mol. The summed E-state index contributed by atoms with van der Waals surface area (Å²) in [6.45, 7) is 16.3. The number of fused-ring (bicyclic) bond motifs is 6. The van der Waals surface area contributed by atoms with Crippen LogP contribution in [0.1, 0.15) is 5.56 Å². The van der Waals surface area contributed by atoms with Gasteiger partial charge in [0, 0.05) is 38.2 Å². The third-order valence-corrected chi connectivity index (χ3v) is 15.0. The van der Waals surface area contributed by atoms with Gasteiger partial charge in [0.1, 0.15) is 0 Å². The van der Waals surface area contributed by atoms with E-state index >= 15 is 0 Å². The van der Waals surface area contributed by atoms with Crippen molar-refractivity contribution in [2.75, 3.05) is 0 Å². The van der Waals surface area contributed by atoms with Crippen molar-refractivity contribution in [3.05, 3.63) is 283 Å².